The summed E-state index contributed by atoms with van der Waals surface area (Å²) in [5.74, 6) is 5.38. The Bertz CT molecular complexity index is 545. The fourth-order valence-corrected chi connectivity index (χ4v) is 2.61. The maximum absolute atomic E-state index is 13.2. The average molecular weight is 337 g/mol. The third-order valence-electron chi connectivity index (χ3n) is 3.33. The van der Waals surface area contributed by atoms with Gasteiger partial charge in [0, 0.05) is 6.04 Å². The Morgan fingerprint density at radius 2 is 1.85 bits per heavy atom. The van der Waals surface area contributed by atoms with Crippen LogP contribution < -0.4 is 11.3 Å². The van der Waals surface area contributed by atoms with Crippen molar-refractivity contribution in [1.29, 1.82) is 0 Å². The van der Waals surface area contributed by atoms with Gasteiger partial charge in [-0.3, -0.25) is 11.3 Å². The van der Waals surface area contributed by atoms with Gasteiger partial charge in [0.15, 0.2) is 0 Å². The third kappa shape index (κ3) is 4.40. The molecular weight excluding hydrogens is 319 g/mol. The van der Waals surface area contributed by atoms with Crippen molar-refractivity contribution in [3.05, 3.63) is 69.9 Å². The molecule has 3 N–H and O–H groups in total. The van der Waals surface area contributed by atoms with Crippen molar-refractivity contribution in [3.63, 3.8) is 0 Å². The summed E-state index contributed by atoms with van der Waals surface area (Å²) >= 11 is 3.21. The molecule has 106 valence electrons. The highest BCUT2D eigenvalue weighted by Gasteiger charge is 2.09. The first kappa shape index (κ1) is 15.2. The largest absolute Gasteiger partial charge is 0.271 e. The molecule has 0 bridgehead atoms. The first-order chi connectivity index (χ1) is 9.69. The number of nitrogens with one attached hydrogen (secondary N) is 1. The fraction of sp³-hybridized carbons (Fsp3) is 0.250. The normalized spacial score (nSPS) is 12.3. The Hall–Kier alpha value is -1.23. The van der Waals surface area contributed by atoms with Gasteiger partial charge in [0.1, 0.15) is 5.82 Å². The SMILES string of the molecule is NNC(CCc1ccccc1)Cc1ccc(F)c(Br)c1. The van der Waals surface area contributed by atoms with Crippen LogP contribution in [0.2, 0.25) is 0 Å². The Kier molecular flexibility index (Phi) is 5.71. The van der Waals surface area contributed by atoms with Crippen LogP contribution in [-0.2, 0) is 12.8 Å². The van der Waals surface area contributed by atoms with Crippen LogP contribution in [0.1, 0.15) is 17.5 Å². The van der Waals surface area contributed by atoms with E-state index in [1.165, 1.54) is 11.6 Å². The summed E-state index contributed by atoms with van der Waals surface area (Å²) in [6, 6.07) is 15.6. The van der Waals surface area contributed by atoms with E-state index in [9.17, 15) is 4.39 Å². The van der Waals surface area contributed by atoms with Crippen molar-refractivity contribution >= 4 is 15.9 Å². The van der Waals surface area contributed by atoms with Gasteiger partial charge in [-0.05, 0) is 58.5 Å². The summed E-state index contributed by atoms with van der Waals surface area (Å²) < 4.78 is 13.7. The van der Waals surface area contributed by atoms with Crippen LogP contribution >= 0.6 is 15.9 Å². The Morgan fingerprint density at radius 1 is 1.10 bits per heavy atom. The molecule has 0 aliphatic heterocycles. The quantitative estimate of drug-likeness (QED) is 0.624. The lowest BCUT2D eigenvalue weighted by atomic mass is 9.99. The molecule has 1 unspecified atom stereocenters. The number of rotatable bonds is 6. The smallest absolute Gasteiger partial charge is 0.137 e. The number of hydrazine groups is 1. The van der Waals surface area contributed by atoms with E-state index in [0.29, 0.717) is 4.47 Å². The molecule has 0 heterocycles. The van der Waals surface area contributed by atoms with Gasteiger partial charge in [0.2, 0.25) is 0 Å². The monoisotopic (exact) mass is 336 g/mol. The number of hydrogen-bond donors (Lipinski definition) is 2. The van der Waals surface area contributed by atoms with Crippen molar-refractivity contribution in [3.8, 4) is 0 Å². The summed E-state index contributed by atoms with van der Waals surface area (Å²) in [4.78, 5) is 0. The number of benzene rings is 2. The number of aryl methyl sites for hydroxylation is 1. The molecular formula is C16H18BrFN2. The van der Waals surface area contributed by atoms with Crippen LogP contribution in [0, 0.1) is 5.82 Å². The van der Waals surface area contributed by atoms with Crippen molar-refractivity contribution in [2.45, 2.75) is 25.3 Å². The molecule has 1 atom stereocenters. The first-order valence-corrected chi connectivity index (χ1v) is 7.42. The molecule has 0 spiro atoms. The van der Waals surface area contributed by atoms with E-state index in [2.05, 4.69) is 33.5 Å². The van der Waals surface area contributed by atoms with Crippen molar-refractivity contribution in [2.75, 3.05) is 0 Å². The van der Waals surface area contributed by atoms with Gasteiger partial charge in [-0.15, -0.1) is 0 Å². The minimum atomic E-state index is -0.240. The number of halogens is 2. The average Bonchev–Trinajstić information content (AvgIpc) is 2.48. The van der Waals surface area contributed by atoms with Crippen LogP contribution in [0.5, 0.6) is 0 Å². The zero-order valence-electron chi connectivity index (χ0n) is 11.2. The minimum Gasteiger partial charge on any atom is -0.271 e. The van der Waals surface area contributed by atoms with E-state index >= 15 is 0 Å². The summed E-state index contributed by atoms with van der Waals surface area (Å²) in [7, 11) is 0. The van der Waals surface area contributed by atoms with Crippen LogP contribution in [0.15, 0.2) is 53.0 Å². The van der Waals surface area contributed by atoms with E-state index in [0.717, 1.165) is 24.8 Å². The molecule has 0 aromatic heterocycles. The lowest BCUT2D eigenvalue weighted by Crippen LogP contribution is -2.37. The molecule has 0 aliphatic carbocycles. The second kappa shape index (κ2) is 7.53. The maximum Gasteiger partial charge on any atom is 0.137 e. The van der Waals surface area contributed by atoms with Crippen molar-refractivity contribution in [1.82, 2.24) is 5.43 Å². The molecule has 0 saturated carbocycles. The van der Waals surface area contributed by atoms with Gasteiger partial charge in [0.05, 0.1) is 4.47 Å². The van der Waals surface area contributed by atoms with E-state index < -0.39 is 0 Å². The molecule has 4 heteroatoms. The second-order valence-electron chi connectivity index (χ2n) is 4.84. The molecule has 0 fully saturated rings. The third-order valence-corrected chi connectivity index (χ3v) is 3.93. The molecule has 2 aromatic rings. The topological polar surface area (TPSA) is 38.0 Å². The Morgan fingerprint density at radius 3 is 2.50 bits per heavy atom. The van der Waals surface area contributed by atoms with Crippen molar-refractivity contribution < 1.29 is 4.39 Å². The van der Waals surface area contributed by atoms with Crippen LogP contribution in [0.25, 0.3) is 0 Å². The summed E-state index contributed by atoms with van der Waals surface area (Å²) in [5, 5.41) is 0. The highest BCUT2D eigenvalue weighted by atomic mass is 79.9. The lowest BCUT2D eigenvalue weighted by molar-refractivity contribution is 0.491. The number of hydrogen-bond acceptors (Lipinski definition) is 2. The van der Waals surface area contributed by atoms with Gasteiger partial charge in [-0.25, -0.2) is 4.39 Å². The van der Waals surface area contributed by atoms with Crippen molar-refractivity contribution in [2.24, 2.45) is 5.84 Å². The molecule has 0 aliphatic rings. The van der Waals surface area contributed by atoms with E-state index in [-0.39, 0.29) is 11.9 Å². The molecule has 2 rings (SSSR count). The standard InChI is InChI=1S/C16H18BrFN2/c17-15-11-13(7-9-16(15)18)10-14(20-19)8-6-12-4-2-1-3-5-12/h1-5,7,9,11,14,20H,6,8,10,19H2. The maximum atomic E-state index is 13.2. The summed E-state index contributed by atoms with van der Waals surface area (Å²) in [6.45, 7) is 0. The zero-order valence-corrected chi connectivity index (χ0v) is 12.7. The molecule has 2 aromatic carbocycles. The van der Waals surface area contributed by atoms with E-state index in [4.69, 9.17) is 5.84 Å². The highest BCUT2D eigenvalue weighted by molar-refractivity contribution is 9.10. The zero-order chi connectivity index (χ0) is 14.4. The molecule has 0 radical (unpaired) electrons. The summed E-state index contributed by atoms with van der Waals surface area (Å²) in [5.41, 5.74) is 5.21. The van der Waals surface area contributed by atoms with Gasteiger partial charge in [-0.2, -0.15) is 0 Å². The predicted octanol–water partition coefficient (Wildman–Crippen LogP) is 3.60. The highest BCUT2D eigenvalue weighted by Crippen LogP contribution is 2.18. The fourth-order valence-electron chi connectivity index (χ4n) is 2.18. The second-order valence-corrected chi connectivity index (χ2v) is 5.69. The van der Waals surface area contributed by atoms with Crippen LogP contribution in [0.4, 0.5) is 4.39 Å². The predicted molar refractivity (Wildman–Crippen MR) is 83.7 cm³/mol. The van der Waals surface area contributed by atoms with Gasteiger partial charge in [0.25, 0.3) is 0 Å². The lowest BCUT2D eigenvalue weighted by Gasteiger charge is -2.16. The first-order valence-electron chi connectivity index (χ1n) is 6.63. The molecule has 0 amide bonds. The van der Waals surface area contributed by atoms with E-state index in [1.54, 1.807) is 6.07 Å². The van der Waals surface area contributed by atoms with Crippen LogP contribution in [0.3, 0.4) is 0 Å². The number of nitrogens with two attached hydrogens (primary N) is 1. The van der Waals surface area contributed by atoms with E-state index in [1.807, 2.05) is 24.3 Å². The van der Waals surface area contributed by atoms with Gasteiger partial charge < -0.3 is 0 Å². The van der Waals surface area contributed by atoms with Crippen LogP contribution in [-0.4, -0.2) is 6.04 Å². The summed E-state index contributed by atoms with van der Waals surface area (Å²) in [6.07, 6.45) is 2.69. The Labute approximate surface area is 127 Å². The van der Waals surface area contributed by atoms with Gasteiger partial charge in [-0.1, -0.05) is 36.4 Å². The van der Waals surface area contributed by atoms with Gasteiger partial charge >= 0.3 is 0 Å². The Balaban J connectivity index is 1.93. The molecule has 0 saturated heterocycles. The molecule has 2 nitrogen and oxygen atoms in total. The minimum absolute atomic E-state index is 0.174. The molecule has 20 heavy (non-hydrogen) atoms.